The van der Waals surface area contributed by atoms with Crippen LogP contribution < -0.4 is 0 Å². The lowest BCUT2D eigenvalue weighted by Gasteiger charge is -2.03. The molecule has 86 valence electrons. The van der Waals surface area contributed by atoms with Crippen molar-refractivity contribution in [2.24, 2.45) is 5.16 Å². The van der Waals surface area contributed by atoms with Gasteiger partial charge in [-0.1, -0.05) is 24.2 Å². The molecule has 0 radical (unpaired) electrons. The van der Waals surface area contributed by atoms with Crippen molar-refractivity contribution >= 4 is 11.8 Å². The molecule has 0 fully saturated rings. The summed E-state index contributed by atoms with van der Waals surface area (Å²) in [4.78, 5) is 0. The molecule has 0 bridgehead atoms. The average molecular weight is 221 g/mol. The molecule has 1 rings (SSSR count). The van der Waals surface area contributed by atoms with Crippen LogP contribution in [0.3, 0.4) is 0 Å². The number of allylic oxidation sites excluding steroid dienone is 1. The molecule has 0 unspecified atom stereocenters. The minimum absolute atomic E-state index is 0.207. The van der Waals surface area contributed by atoms with E-state index >= 15 is 0 Å². The maximum Gasteiger partial charge on any atom is 0.126 e. The molecule has 0 atom stereocenters. The Morgan fingerprint density at radius 2 is 2.19 bits per heavy atom. The van der Waals surface area contributed by atoms with Gasteiger partial charge in [0.05, 0.1) is 5.71 Å². The maximum absolute atomic E-state index is 13.0. The second kappa shape index (κ2) is 5.45. The van der Waals surface area contributed by atoms with Crippen molar-refractivity contribution < 1.29 is 9.60 Å². The Balaban J connectivity index is 3.03. The summed E-state index contributed by atoms with van der Waals surface area (Å²) >= 11 is 0. The number of nitrogens with zero attached hydrogens (tertiary/aromatic N) is 1. The van der Waals surface area contributed by atoms with Crippen molar-refractivity contribution in [2.75, 3.05) is 0 Å². The fourth-order valence-electron chi connectivity index (χ4n) is 1.52. The van der Waals surface area contributed by atoms with Crippen LogP contribution in [0.15, 0.2) is 28.9 Å². The van der Waals surface area contributed by atoms with E-state index in [-0.39, 0.29) is 5.82 Å². The molecule has 16 heavy (non-hydrogen) atoms. The largest absolute Gasteiger partial charge is 0.411 e. The minimum Gasteiger partial charge on any atom is -0.411 e. The zero-order chi connectivity index (χ0) is 12.1. The first-order chi connectivity index (χ1) is 7.58. The summed E-state index contributed by atoms with van der Waals surface area (Å²) in [5, 5.41) is 12.0. The third-order valence-corrected chi connectivity index (χ3v) is 2.48. The Hall–Kier alpha value is -1.64. The fraction of sp³-hybridized carbons (Fsp3) is 0.308. The lowest BCUT2D eigenvalue weighted by atomic mass is 10.0. The summed E-state index contributed by atoms with van der Waals surface area (Å²) < 4.78 is 13.0. The predicted molar refractivity (Wildman–Crippen MR) is 64.3 cm³/mol. The number of rotatable bonds is 3. The molecular formula is C13H16FNO. The van der Waals surface area contributed by atoms with E-state index in [0.29, 0.717) is 17.7 Å². The second-order valence-electron chi connectivity index (χ2n) is 3.74. The van der Waals surface area contributed by atoms with Crippen molar-refractivity contribution in [3.05, 3.63) is 40.7 Å². The second-order valence-corrected chi connectivity index (χ2v) is 3.74. The smallest absolute Gasteiger partial charge is 0.126 e. The molecular weight excluding hydrogens is 205 g/mol. The zero-order valence-electron chi connectivity index (χ0n) is 9.79. The number of hydrogen-bond donors (Lipinski definition) is 1. The van der Waals surface area contributed by atoms with Gasteiger partial charge in [-0.05, 0) is 49.1 Å². The minimum atomic E-state index is -0.207. The van der Waals surface area contributed by atoms with Crippen molar-refractivity contribution in [2.45, 2.75) is 27.2 Å². The molecule has 3 heteroatoms. The van der Waals surface area contributed by atoms with Gasteiger partial charge in [0.1, 0.15) is 5.82 Å². The molecule has 0 amide bonds. The van der Waals surface area contributed by atoms with Crippen molar-refractivity contribution in [3.63, 3.8) is 0 Å². The van der Waals surface area contributed by atoms with E-state index < -0.39 is 0 Å². The summed E-state index contributed by atoms with van der Waals surface area (Å²) in [5.41, 5.74) is 3.05. The van der Waals surface area contributed by atoms with Gasteiger partial charge in [0.25, 0.3) is 0 Å². The number of aryl methyl sites for hydroxylation is 1. The first-order valence-corrected chi connectivity index (χ1v) is 5.24. The standard InChI is InChI=1S/C13H16FNO/c1-4-13(15-16)10(3)8-11-5-6-12(14)9(2)7-11/h5-8,16H,4H2,1-3H3/b10-8+,15-13+. The van der Waals surface area contributed by atoms with Gasteiger partial charge in [0.2, 0.25) is 0 Å². The summed E-state index contributed by atoms with van der Waals surface area (Å²) in [6, 6.07) is 4.91. The highest BCUT2D eigenvalue weighted by atomic mass is 19.1. The van der Waals surface area contributed by atoms with E-state index in [1.807, 2.05) is 19.9 Å². The Morgan fingerprint density at radius 3 is 2.69 bits per heavy atom. The normalized spacial score (nSPS) is 13.0. The van der Waals surface area contributed by atoms with Crippen LogP contribution in [0, 0.1) is 12.7 Å². The summed E-state index contributed by atoms with van der Waals surface area (Å²) in [6.07, 6.45) is 2.55. The molecule has 0 heterocycles. The Bertz CT molecular complexity index is 436. The highest BCUT2D eigenvalue weighted by Crippen LogP contribution is 2.13. The highest BCUT2D eigenvalue weighted by Gasteiger charge is 2.01. The van der Waals surface area contributed by atoms with Gasteiger partial charge in [-0.2, -0.15) is 0 Å². The van der Waals surface area contributed by atoms with E-state index in [9.17, 15) is 4.39 Å². The van der Waals surface area contributed by atoms with E-state index in [4.69, 9.17) is 5.21 Å². The van der Waals surface area contributed by atoms with Crippen LogP contribution in [0.4, 0.5) is 4.39 Å². The molecule has 0 aliphatic heterocycles. The molecule has 0 saturated carbocycles. The van der Waals surface area contributed by atoms with Gasteiger partial charge < -0.3 is 5.21 Å². The van der Waals surface area contributed by atoms with Gasteiger partial charge in [-0.3, -0.25) is 0 Å². The van der Waals surface area contributed by atoms with Crippen molar-refractivity contribution in [3.8, 4) is 0 Å². The van der Waals surface area contributed by atoms with Crippen LogP contribution in [0.1, 0.15) is 31.4 Å². The molecule has 0 aliphatic carbocycles. The first-order valence-electron chi connectivity index (χ1n) is 5.24. The molecule has 1 aromatic carbocycles. The van der Waals surface area contributed by atoms with Crippen LogP contribution in [-0.4, -0.2) is 10.9 Å². The SMILES string of the molecule is CCC(=N\O)/C(C)=C/c1ccc(F)c(C)c1. The summed E-state index contributed by atoms with van der Waals surface area (Å²) in [6.45, 7) is 5.52. The van der Waals surface area contributed by atoms with Gasteiger partial charge >= 0.3 is 0 Å². The number of halogens is 1. The van der Waals surface area contributed by atoms with Gasteiger partial charge in [0, 0.05) is 0 Å². The first kappa shape index (κ1) is 12.4. The molecule has 0 saturated heterocycles. The van der Waals surface area contributed by atoms with E-state index in [0.717, 1.165) is 11.1 Å². The quantitative estimate of drug-likeness (QED) is 0.470. The average Bonchev–Trinajstić information content (AvgIpc) is 2.25. The number of hydrogen-bond acceptors (Lipinski definition) is 2. The van der Waals surface area contributed by atoms with Gasteiger partial charge in [-0.15, -0.1) is 0 Å². The fourth-order valence-corrected chi connectivity index (χ4v) is 1.52. The topological polar surface area (TPSA) is 32.6 Å². The Kier molecular flexibility index (Phi) is 4.23. The van der Waals surface area contributed by atoms with Crippen LogP contribution in [0.5, 0.6) is 0 Å². The van der Waals surface area contributed by atoms with Crippen LogP contribution in [0.25, 0.3) is 6.08 Å². The van der Waals surface area contributed by atoms with Crippen LogP contribution in [-0.2, 0) is 0 Å². The highest BCUT2D eigenvalue weighted by molar-refractivity contribution is 6.02. The zero-order valence-corrected chi connectivity index (χ0v) is 9.79. The summed E-state index contributed by atoms with van der Waals surface area (Å²) in [7, 11) is 0. The van der Waals surface area contributed by atoms with Crippen molar-refractivity contribution in [1.29, 1.82) is 0 Å². The van der Waals surface area contributed by atoms with Crippen molar-refractivity contribution in [1.82, 2.24) is 0 Å². The maximum atomic E-state index is 13.0. The van der Waals surface area contributed by atoms with Gasteiger partial charge in [0.15, 0.2) is 0 Å². The third-order valence-electron chi connectivity index (χ3n) is 2.48. The number of oxime groups is 1. The van der Waals surface area contributed by atoms with Gasteiger partial charge in [-0.25, -0.2) is 4.39 Å². The monoisotopic (exact) mass is 221 g/mol. The van der Waals surface area contributed by atoms with E-state index in [2.05, 4.69) is 5.16 Å². The molecule has 2 nitrogen and oxygen atoms in total. The summed E-state index contributed by atoms with van der Waals surface area (Å²) in [5.74, 6) is -0.207. The molecule has 1 aromatic rings. The Morgan fingerprint density at radius 1 is 1.50 bits per heavy atom. The molecule has 0 aromatic heterocycles. The lowest BCUT2D eigenvalue weighted by Crippen LogP contribution is -1.97. The Labute approximate surface area is 95.1 Å². The molecule has 0 spiro atoms. The molecule has 0 aliphatic rings. The van der Waals surface area contributed by atoms with Crippen LogP contribution in [0.2, 0.25) is 0 Å². The predicted octanol–water partition coefficient (Wildman–Crippen LogP) is 3.78. The van der Waals surface area contributed by atoms with E-state index in [1.54, 1.807) is 19.1 Å². The molecule has 1 N–H and O–H groups in total. The number of benzene rings is 1. The van der Waals surface area contributed by atoms with Crippen LogP contribution >= 0.6 is 0 Å². The third kappa shape index (κ3) is 2.92. The lowest BCUT2D eigenvalue weighted by molar-refractivity contribution is 0.318. The van der Waals surface area contributed by atoms with E-state index in [1.165, 1.54) is 6.07 Å².